The van der Waals surface area contributed by atoms with E-state index in [4.69, 9.17) is 16.3 Å². The summed E-state index contributed by atoms with van der Waals surface area (Å²) in [5.41, 5.74) is 1.16. The largest absolute Gasteiger partial charge is 0.495 e. The van der Waals surface area contributed by atoms with Gasteiger partial charge in [-0.3, -0.25) is 0 Å². The van der Waals surface area contributed by atoms with Crippen LogP contribution in [0.15, 0.2) is 16.6 Å². The monoisotopic (exact) mass is 331 g/mol. The second-order valence-corrected chi connectivity index (χ2v) is 6.21. The topological polar surface area (TPSA) is 21.3 Å². The van der Waals surface area contributed by atoms with Gasteiger partial charge in [0.05, 0.1) is 11.6 Å². The normalized spacial score (nSPS) is 23.8. The maximum atomic E-state index is 6.17. The van der Waals surface area contributed by atoms with Gasteiger partial charge in [0.1, 0.15) is 5.75 Å². The van der Waals surface area contributed by atoms with Gasteiger partial charge in [0.25, 0.3) is 0 Å². The summed E-state index contributed by atoms with van der Waals surface area (Å²) in [7, 11) is 1.71. The highest BCUT2D eigenvalue weighted by Crippen LogP contribution is 2.50. The molecule has 1 aromatic rings. The van der Waals surface area contributed by atoms with E-state index < -0.39 is 0 Å². The Morgan fingerprint density at radius 3 is 2.72 bits per heavy atom. The molecule has 0 spiro atoms. The van der Waals surface area contributed by atoms with Crippen LogP contribution in [0.2, 0.25) is 5.02 Å². The van der Waals surface area contributed by atoms with Gasteiger partial charge in [0.2, 0.25) is 0 Å². The van der Waals surface area contributed by atoms with Gasteiger partial charge < -0.3 is 10.1 Å². The molecule has 4 heteroatoms. The lowest BCUT2D eigenvalue weighted by molar-refractivity contribution is 0.387. The minimum Gasteiger partial charge on any atom is -0.495 e. The average molecular weight is 333 g/mol. The fraction of sp³-hybridized carbons (Fsp3) is 0.571. The molecule has 0 aliphatic heterocycles. The van der Waals surface area contributed by atoms with Gasteiger partial charge in [-0.25, -0.2) is 0 Å². The summed E-state index contributed by atoms with van der Waals surface area (Å²) in [5, 5.41) is 4.31. The van der Waals surface area contributed by atoms with E-state index in [1.165, 1.54) is 6.42 Å². The lowest BCUT2D eigenvalue weighted by Gasteiger charge is -2.22. The van der Waals surface area contributed by atoms with E-state index >= 15 is 0 Å². The van der Waals surface area contributed by atoms with Gasteiger partial charge in [0, 0.05) is 16.6 Å². The molecule has 0 amide bonds. The van der Waals surface area contributed by atoms with Crippen LogP contribution in [-0.4, -0.2) is 13.7 Å². The van der Waals surface area contributed by atoms with Crippen LogP contribution in [0.25, 0.3) is 0 Å². The molecule has 1 fully saturated rings. The molecule has 0 radical (unpaired) electrons. The Morgan fingerprint density at radius 2 is 2.22 bits per heavy atom. The molecule has 100 valence electrons. The van der Waals surface area contributed by atoms with Crippen molar-refractivity contribution in [1.29, 1.82) is 0 Å². The van der Waals surface area contributed by atoms with E-state index in [0.717, 1.165) is 33.3 Å². The lowest BCUT2D eigenvalue weighted by Crippen LogP contribution is -2.24. The van der Waals surface area contributed by atoms with E-state index in [1.54, 1.807) is 7.11 Å². The number of hydrogen-bond acceptors (Lipinski definition) is 2. The number of hydrogen-bond donors (Lipinski definition) is 1. The first kappa shape index (κ1) is 14.2. The highest BCUT2D eigenvalue weighted by atomic mass is 79.9. The van der Waals surface area contributed by atoms with E-state index in [1.807, 2.05) is 12.1 Å². The fourth-order valence-electron chi connectivity index (χ4n) is 2.55. The summed E-state index contributed by atoms with van der Waals surface area (Å²) in [6.45, 7) is 5.37. The Bertz CT molecular complexity index is 438. The van der Waals surface area contributed by atoms with Gasteiger partial charge in [-0.05, 0) is 52.9 Å². The van der Waals surface area contributed by atoms with Crippen LogP contribution in [0.3, 0.4) is 0 Å². The highest BCUT2D eigenvalue weighted by Gasteiger charge is 2.41. The highest BCUT2D eigenvalue weighted by molar-refractivity contribution is 9.10. The van der Waals surface area contributed by atoms with Gasteiger partial charge in [-0.2, -0.15) is 0 Å². The van der Waals surface area contributed by atoms with Gasteiger partial charge in [0.15, 0.2) is 0 Å². The number of methoxy groups -OCH3 is 1. The molecular formula is C14H19BrClNO. The third-order valence-electron chi connectivity index (χ3n) is 3.60. The van der Waals surface area contributed by atoms with Crippen molar-refractivity contribution < 1.29 is 4.74 Å². The van der Waals surface area contributed by atoms with Crippen molar-refractivity contribution in [3.8, 4) is 5.75 Å². The summed E-state index contributed by atoms with van der Waals surface area (Å²) in [6, 6.07) is 4.22. The molecule has 1 aliphatic carbocycles. The number of nitrogens with one attached hydrogen (secondary N) is 1. The quantitative estimate of drug-likeness (QED) is 0.862. The van der Waals surface area contributed by atoms with Crippen LogP contribution in [0.4, 0.5) is 0 Å². The summed E-state index contributed by atoms with van der Waals surface area (Å²) in [5.74, 6) is 2.35. The Hall–Kier alpha value is -0.250. The van der Waals surface area contributed by atoms with Crippen molar-refractivity contribution in [2.75, 3.05) is 13.7 Å². The second kappa shape index (κ2) is 5.81. The predicted molar refractivity (Wildman–Crippen MR) is 79.4 cm³/mol. The molecule has 3 atom stereocenters. The molecule has 0 bridgehead atoms. The van der Waals surface area contributed by atoms with Crippen LogP contribution < -0.4 is 10.1 Å². The molecular weight excluding hydrogens is 314 g/mol. The van der Waals surface area contributed by atoms with Gasteiger partial charge in [-0.1, -0.05) is 25.4 Å². The van der Waals surface area contributed by atoms with Crippen molar-refractivity contribution in [2.45, 2.75) is 26.3 Å². The summed E-state index contributed by atoms with van der Waals surface area (Å²) < 4.78 is 6.45. The van der Waals surface area contributed by atoms with Crippen molar-refractivity contribution in [3.05, 3.63) is 27.2 Å². The van der Waals surface area contributed by atoms with Gasteiger partial charge in [-0.15, -0.1) is 0 Å². The van der Waals surface area contributed by atoms with Crippen molar-refractivity contribution >= 4 is 27.5 Å². The predicted octanol–water partition coefficient (Wildman–Crippen LogP) is 4.42. The van der Waals surface area contributed by atoms with Crippen LogP contribution >= 0.6 is 27.5 Å². The Balaban J connectivity index is 2.39. The first-order valence-electron chi connectivity index (χ1n) is 6.34. The minimum absolute atomic E-state index is 0.329. The Labute approximate surface area is 122 Å². The summed E-state index contributed by atoms with van der Waals surface area (Å²) >= 11 is 9.70. The molecule has 0 heterocycles. The van der Waals surface area contributed by atoms with Gasteiger partial charge >= 0.3 is 0 Å². The maximum Gasteiger partial charge on any atom is 0.137 e. The first-order chi connectivity index (χ1) is 8.58. The molecule has 1 saturated carbocycles. The zero-order valence-corrected chi connectivity index (χ0v) is 13.3. The number of halogens is 2. The third-order valence-corrected chi connectivity index (χ3v) is 4.41. The summed E-state index contributed by atoms with van der Waals surface area (Å²) in [4.78, 5) is 0. The van der Waals surface area contributed by atoms with E-state index in [9.17, 15) is 0 Å². The number of ether oxygens (including phenoxy) is 1. The van der Waals surface area contributed by atoms with E-state index in [0.29, 0.717) is 12.0 Å². The Kier molecular flexibility index (Phi) is 4.57. The molecule has 3 unspecified atom stereocenters. The lowest BCUT2D eigenvalue weighted by atomic mass is 10.00. The average Bonchev–Trinajstić information content (AvgIpc) is 3.02. The van der Waals surface area contributed by atoms with Crippen LogP contribution in [0.5, 0.6) is 5.75 Å². The molecule has 0 aromatic heterocycles. The molecule has 18 heavy (non-hydrogen) atoms. The minimum atomic E-state index is 0.329. The van der Waals surface area contributed by atoms with Crippen molar-refractivity contribution in [2.24, 2.45) is 11.8 Å². The zero-order valence-electron chi connectivity index (χ0n) is 11.0. The van der Waals surface area contributed by atoms with E-state index in [2.05, 4.69) is 35.1 Å². The standard InChI is InChI=1S/C14H19BrClNO/c1-4-17-13(10-5-8(10)2)11-6-9(16)7-12(15)14(11)18-3/h6-8,10,13,17H,4-5H2,1-3H3. The smallest absolute Gasteiger partial charge is 0.137 e. The van der Waals surface area contributed by atoms with Crippen molar-refractivity contribution in [3.63, 3.8) is 0 Å². The fourth-order valence-corrected chi connectivity index (χ4v) is 3.55. The molecule has 1 aliphatic rings. The van der Waals surface area contributed by atoms with Crippen LogP contribution in [0, 0.1) is 11.8 Å². The molecule has 0 saturated heterocycles. The number of benzene rings is 1. The summed E-state index contributed by atoms with van der Waals surface area (Å²) in [6.07, 6.45) is 1.27. The van der Waals surface area contributed by atoms with Crippen molar-refractivity contribution in [1.82, 2.24) is 5.32 Å². The third kappa shape index (κ3) is 2.84. The second-order valence-electron chi connectivity index (χ2n) is 4.92. The number of rotatable bonds is 5. The molecule has 1 aromatic carbocycles. The van der Waals surface area contributed by atoms with Crippen LogP contribution in [-0.2, 0) is 0 Å². The zero-order chi connectivity index (χ0) is 13.3. The maximum absolute atomic E-state index is 6.17. The molecule has 2 rings (SSSR count). The first-order valence-corrected chi connectivity index (χ1v) is 7.51. The van der Waals surface area contributed by atoms with Crippen LogP contribution in [0.1, 0.15) is 31.9 Å². The SMILES string of the molecule is CCNC(c1cc(Cl)cc(Br)c1OC)C1CC1C. The Morgan fingerprint density at radius 1 is 1.56 bits per heavy atom. The van der Waals surface area contributed by atoms with E-state index in [-0.39, 0.29) is 0 Å². The molecule has 2 nitrogen and oxygen atoms in total. The molecule has 1 N–H and O–H groups in total.